The molecule has 0 radical (unpaired) electrons. The summed E-state index contributed by atoms with van der Waals surface area (Å²) in [4.78, 5) is 29.0. The third-order valence-corrected chi connectivity index (χ3v) is 6.28. The van der Waals surface area contributed by atoms with E-state index in [4.69, 9.17) is 4.74 Å². The van der Waals surface area contributed by atoms with Gasteiger partial charge in [0.15, 0.2) is 0 Å². The van der Waals surface area contributed by atoms with Crippen LogP contribution in [-0.4, -0.2) is 41.7 Å². The summed E-state index contributed by atoms with van der Waals surface area (Å²) >= 11 is 1.50. The molecule has 0 saturated carbocycles. The van der Waals surface area contributed by atoms with Gasteiger partial charge in [0.1, 0.15) is 11.8 Å². The quantitative estimate of drug-likeness (QED) is 0.507. The summed E-state index contributed by atoms with van der Waals surface area (Å²) in [6, 6.07) is 15.3. The van der Waals surface area contributed by atoms with Crippen molar-refractivity contribution in [2.45, 2.75) is 64.1 Å². The highest BCUT2D eigenvalue weighted by Crippen LogP contribution is 2.22. The minimum atomic E-state index is -0.512. The summed E-state index contributed by atoms with van der Waals surface area (Å²) in [6.45, 7) is 8.38. The zero-order chi connectivity index (χ0) is 22.8. The van der Waals surface area contributed by atoms with Gasteiger partial charge in [-0.25, -0.2) is 0 Å². The molecule has 0 fully saturated rings. The maximum atomic E-state index is 13.3. The molecule has 0 aliphatic carbocycles. The predicted molar refractivity (Wildman–Crippen MR) is 127 cm³/mol. The first-order valence-electron chi connectivity index (χ1n) is 10.8. The molecule has 0 heterocycles. The van der Waals surface area contributed by atoms with Crippen LogP contribution in [0.2, 0.25) is 0 Å². The number of aryl methyl sites for hydroxylation is 1. The Morgan fingerprint density at radius 2 is 1.68 bits per heavy atom. The van der Waals surface area contributed by atoms with Crippen molar-refractivity contribution in [3.05, 3.63) is 59.7 Å². The lowest BCUT2D eigenvalue weighted by molar-refractivity contribution is -0.139. The molecular formula is C25H34N2O3S. The summed E-state index contributed by atoms with van der Waals surface area (Å²) < 4.78 is 5.23. The molecule has 0 unspecified atom stereocenters. The van der Waals surface area contributed by atoms with Crippen LogP contribution in [0.15, 0.2) is 53.4 Å². The summed E-state index contributed by atoms with van der Waals surface area (Å²) in [7, 11) is 1.62. The number of nitrogens with one attached hydrogen (secondary N) is 1. The van der Waals surface area contributed by atoms with Crippen LogP contribution in [0.5, 0.6) is 5.75 Å². The van der Waals surface area contributed by atoms with Crippen molar-refractivity contribution in [1.29, 1.82) is 0 Å². The first kappa shape index (κ1) is 24.8. The van der Waals surface area contributed by atoms with E-state index in [-0.39, 0.29) is 23.6 Å². The second kappa shape index (κ2) is 12.4. The molecule has 0 saturated heterocycles. The van der Waals surface area contributed by atoms with Crippen molar-refractivity contribution < 1.29 is 14.3 Å². The van der Waals surface area contributed by atoms with Gasteiger partial charge in [-0.1, -0.05) is 43.7 Å². The van der Waals surface area contributed by atoms with E-state index in [1.54, 1.807) is 12.0 Å². The van der Waals surface area contributed by atoms with Gasteiger partial charge >= 0.3 is 0 Å². The van der Waals surface area contributed by atoms with E-state index in [9.17, 15) is 9.59 Å². The number of rotatable bonds is 11. The largest absolute Gasteiger partial charge is 0.497 e. The average Bonchev–Trinajstić information content (AvgIpc) is 2.78. The Kier molecular flexibility index (Phi) is 9.92. The number of nitrogens with zero attached hydrogens (tertiary/aromatic N) is 1. The van der Waals surface area contributed by atoms with Crippen molar-refractivity contribution in [3.8, 4) is 5.75 Å². The monoisotopic (exact) mass is 442 g/mol. The number of benzene rings is 2. The summed E-state index contributed by atoms with van der Waals surface area (Å²) in [5.74, 6) is 0.900. The van der Waals surface area contributed by atoms with Crippen LogP contribution in [0.25, 0.3) is 0 Å². The maximum absolute atomic E-state index is 13.3. The van der Waals surface area contributed by atoms with Crippen LogP contribution < -0.4 is 10.1 Å². The van der Waals surface area contributed by atoms with Crippen molar-refractivity contribution in [2.24, 2.45) is 0 Å². The molecule has 0 aliphatic rings. The first-order valence-corrected chi connectivity index (χ1v) is 11.8. The topological polar surface area (TPSA) is 58.6 Å². The normalized spacial score (nSPS) is 12.7. The second-order valence-electron chi connectivity index (χ2n) is 7.71. The predicted octanol–water partition coefficient (Wildman–Crippen LogP) is 4.82. The van der Waals surface area contributed by atoms with Gasteiger partial charge in [-0.2, -0.15) is 0 Å². The third-order valence-electron chi connectivity index (χ3n) is 5.28. The molecule has 2 aromatic rings. The van der Waals surface area contributed by atoms with E-state index in [0.29, 0.717) is 13.0 Å². The van der Waals surface area contributed by atoms with E-state index in [0.717, 1.165) is 22.6 Å². The maximum Gasteiger partial charge on any atom is 0.243 e. The smallest absolute Gasteiger partial charge is 0.243 e. The van der Waals surface area contributed by atoms with E-state index in [1.807, 2.05) is 76.2 Å². The van der Waals surface area contributed by atoms with Crippen molar-refractivity contribution >= 4 is 23.6 Å². The molecule has 168 valence electrons. The molecule has 0 bridgehead atoms. The molecule has 2 atom stereocenters. The average molecular weight is 443 g/mol. The van der Waals surface area contributed by atoms with Crippen LogP contribution in [0.3, 0.4) is 0 Å². The summed E-state index contributed by atoms with van der Waals surface area (Å²) in [5.41, 5.74) is 2.15. The highest BCUT2D eigenvalue weighted by atomic mass is 32.2. The van der Waals surface area contributed by atoms with Crippen molar-refractivity contribution in [1.82, 2.24) is 10.2 Å². The molecule has 2 amide bonds. The molecule has 5 nitrogen and oxygen atoms in total. The number of hydrogen-bond acceptors (Lipinski definition) is 4. The molecule has 0 spiro atoms. The van der Waals surface area contributed by atoms with Gasteiger partial charge in [0, 0.05) is 17.5 Å². The molecule has 1 N–H and O–H groups in total. The number of thioether (sulfide) groups is 1. The lowest BCUT2D eigenvalue weighted by Crippen LogP contribution is -2.51. The zero-order valence-corrected chi connectivity index (χ0v) is 20.0. The summed E-state index contributed by atoms with van der Waals surface area (Å²) in [6.07, 6.45) is 1.40. The number of hydrogen-bond donors (Lipinski definition) is 1. The molecule has 31 heavy (non-hydrogen) atoms. The minimum Gasteiger partial charge on any atom is -0.497 e. The highest BCUT2D eigenvalue weighted by Gasteiger charge is 2.29. The Morgan fingerprint density at radius 1 is 1.03 bits per heavy atom. The van der Waals surface area contributed by atoms with Crippen LogP contribution >= 0.6 is 11.8 Å². The summed E-state index contributed by atoms with van der Waals surface area (Å²) in [5, 5.41) is 3.04. The third kappa shape index (κ3) is 7.62. The fourth-order valence-corrected chi connectivity index (χ4v) is 3.94. The van der Waals surface area contributed by atoms with Gasteiger partial charge in [0.25, 0.3) is 0 Å². The van der Waals surface area contributed by atoms with Crippen molar-refractivity contribution in [2.75, 3.05) is 12.9 Å². The molecule has 0 aliphatic heterocycles. The molecule has 0 aromatic heterocycles. The standard InChI is InChI=1S/C25H34N2O3S/c1-6-19(4)26-25(29)23(7-2)27(16-20-10-12-21(30-5)13-11-20)24(28)17-31-22-14-8-18(3)9-15-22/h8-15,19,23H,6-7,16-17H2,1-5H3,(H,26,29)/t19-,23-/m0/s1. The number of carbonyl (C=O) groups excluding carboxylic acids is 2. The van der Waals surface area contributed by atoms with Gasteiger partial charge in [-0.05, 0) is 56.5 Å². The van der Waals surface area contributed by atoms with Gasteiger partial charge in [0.2, 0.25) is 11.8 Å². The SMILES string of the molecule is CC[C@H](C)NC(=O)[C@H](CC)N(Cc1ccc(OC)cc1)C(=O)CSc1ccc(C)cc1. The van der Waals surface area contributed by atoms with E-state index >= 15 is 0 Å². The number of methoxy groups -OCH3 is 1. The van der Waals surface area contributed by atoms with Crippen LogP contribution in [0.1, 0.15) is 44.7 Å². The number of amides is 2. The van der Waals surface area contributed by atoms with E-state index in [2.05, 4.69) is 5.32 Å². The van der Waals surface area contributed by atoms with Gasteiger partial charge < -0.3 is 15.0 Å². The van der Waals surface area contributed by atoms with Gasteiger partial charge in [-0.3, -0.25) is 9.59 Å². The molecule has 2 rings (SSSR count). The van der Waals surface area contributed by atoms with E-state index in [1.165, 1.54) is 17.3 Å². The highest BCUT2D eigenvalue weighted by molar-refractivity contribution is 8.00. The Bertz CT molecular complexity index is 837. The Morgan fingerprint density at radius 3 is 2.23 bits per heavy atom. The zero-order valence-electron chi connectivity index (χ0n) is 19.2. The Balaban J connectivity index is 2.20. The lowest BCUT2D eigenvalue weighted by Gasteiger charge is -2.31. The Labute approximate surface area is 190 Å². The molecule has 6 heteroatoms. The first-order chi connectivity index (χ1) is 14.9. The number of ether oxygens (including phenoxy) is 1. The lowest BCUT2D eigenvalue weighted by atomic mass is 10.1. The van der Waals surface area contributed by atoms with Gasteiger partial charge in [-0.15, -0.1) is 11.8 Å². The molecular weight excluding hydrogens is 408 g/mol. The van der Waals surface area contributed by atoms with Crippen LogP contribution in [0.4, 0.5) is 0 Å². The van der Waals surface area contributed by atoms with Crippen molar-refractivity contribution in [3.63, 3.8) is 0 Å². The second-order valence-corrected chi connectivity index (χ2v) is 8.76. The molecule has 2 aromatic carbocycles. The Hall–Kier alpha value is -2.47. The fourth-order valence-electron chi connectivity index (χ4n) is 3.15. The van der Waals surface area contributed by atoms with Crippen LogP contribution in [0, 0.1) is 6.92 Å². The number of carbonyl (C=O) groups is 2. The van der Waals surface area contributed by atoms with Gasteiger partial charge in [0.05, 0.1) is 12.9 Å². The minimum absolute atomic E-state index is 0.0486. The van der Waals surface area contributed by atoms with Crippen LogP contribution in [-0.2, 0) is 16.1 Å². The van der Waals surface area contributed by atoms with E-state index < -0.39 is 6.04 Å². The fraction of sp³-hybridized carbons (Fsp3) is 0.440.